The van der Waals surface area contributed by atoms with Crippen LogP contribution in [-0.4, -0.2) is 16.8 Å². The summed E-state index contributed by atoms with van der Waals surface area (Å²) in [5.74, 6) is 0.125. The average Bonchev–Trinajstić information content (AvgIpc) is 3.52. The lowest BCUT2D eigenvalue weighted by Gasteiger charge is -2.12. The van der Waals surface area contributed by atoms with Crippen molar-refractivity contribution in [3.05, 3.63) is 35.4 Å². The number of nitrogens with zero attached hydrogens (tertiary/aromatic N) is 1. The van der Waals surface area contributed by atoms with Gasteiger partial charge in [0, 0.05) is 6.42 Å². The Hall–Kier alpha value is -1.84. The summed E-state index contributed by atoms with van der Waals surface area (Å²) in [4.78, 5) is 12.5. The highest BCUT2D eigenvalue weighted by atomic mass is 16.4. The number of carbonyl (C=O) groups excluding carboxylic acids is 1. The molecule has 0 amide bonds. The normalized spacial score (nSPS) is 15.5. The third-order valence-corrected chi connectivity index (χ3v) is 6.09. The van der Waals surface area contributed by atoms with Gasteiger partial charge in [0.15, 0.2) is 11.6 Å². The van der Waals surface area contributed by atoms with Crippen LogP contribution < -0.4 is 5.73 Å². The molecule has 0 heterocycles. The van der Waals surface area contributed by atoms with E-state index in [9.17, 15) is 4.79 Å². The Labute approximate surface area is 170 Å². The minimum atomic E-state index is -0.705. The number of rotatable bonds is 15. The number of carbonyl (C=O) groups is 1. The van der Waals surface area contributed by atoms with E-state index in [1.165, 1.54) is 69.8 Å². The maximum Gasteiger partial charge on any atom is 0.152 e. The standard InChI is InChI=1S/C24H38N2O2/c1-2-3-4-5-6-7-8-9-10-11-12-20-13-15-21(16-14-20)19-22(27)24(17-18-24)23(25)26-28/h13-16,28H,2-12,17-19H2,1H3,(H2,25,26). The fourth-order valence-corrected chi connectivity index (χ4v) is 3.89. The number of nitrogens with two attached hydrogens (primary N) is 1. The number of hydrogen-bond donors (Lipinski definition) is 2. The van der Waals surface area contributed by atoms with Crippen molar-refractivity contribution < 1.29 is 10.0 Å². The third kappa shape index (κ3) is 6.96. The summed E-state index contributed by atoms with van der Waals surface area (Å²) in [5.41, 5.74) is 7.34. The van der Waals surface area contributed by atoms with Gasteiger partial charge in [-0.25, -0.2) is 0 Å². The first kappa shape index (κ1) is 22.4. The Morgan fingerprint density at radius 1 is 0.929 bits per heavy atom. The van der Waals surface area contributed by atoms with Crippen molar-refractivity contribution in [2.45, 2.75) is 96.8 Å². The molecule has 156 valence electrons. The molecule has 0 radical (unpaired) electrons. The lowest BCUT2D eigenvalue weighted by molar-refractivity contribution is -0.121. The number of hydrogen-bond acceptors (Lipinski definition) is 3. The average molecular weight is 387 g/mol. The molecule has 1 fully saturated rings. The topological polar surface area (TPSA) is 75.7 Å². The molecule has 4 heteroatoms. The second kappa shape index (κ2) is 11.9. The van der Waals surface area contributed by atoms with Gasteiger partial charge in [-0.05, 0) is 36.8 Å². The van der Waals surface area contributed by atoms with E-state index in [0.29, 0.717) is 19.3 Å². The smallest absolute Gasteiger partial charge is 0.152 e. The maximum absolute atomic E-state index is 12.5. The Morgan fingerprint density at radius 2 is 1.43 bits per heavy atom. The van der Waals surface area contributed by atoms with Gasteiger partial charge in [0.1, 0.15) is 0 Å². The highest BCUT2D eigenvalue weighted by molar-refractivity contribution is 6.10. The molecule has 0 aromatic heterocycles. The molecule has 0 spiro atoms. The van der Waals surface area contributed by atoms with Crippen LogP contribution >= 0.6 is 0 Å². The molecule has 0 bridgehead atoms. The predicted octanol–water partition coefficient (Wildman–Crippen LogP) is 5.79. The lowest BCUT2D eigenvalue weighted by Crippen LogP contribution is -2.33. The van der Waals surface area contributed by atoms with E-state index in [0.717, 1.165) is 12.0 Å². The lowest BCUT2D eigenvalue weighted by atomic mass is 9.93. The summed E-state index contributed by atoms with van der Waals surface area (Å²) in [5, 5.41) is 11.9. The fourth-order valence-electron chi connectivity index (χ4n) is 3.89. The van der Waals surface area contributed by atoms with Crippen molar-refractivity contribution >= 4 is 11.6 Å². The summed E-state index contributed by atoms with van der Waals surface area (Å²) >= 11 is 0. The molecule has 0 aliphatic heterocycles. The van der Waals surface area contributed by atoms with Crippen molar-refractivity contribution in [1.82, 2.24) is 0 Å². The Morgan fingerprint density at radius 3 is 1.93 bits per heavy atom. The maximum atomic E-state index is 12.5. The zero-order chi connectivity index (χ0) is 20.2. The SMILES string of the molecule is CCCCCCCCCCCCc1ccc(CC(=O)C2(/C(N)=N/O)CC2)cc1. The number of ketones is 1. The van der Waals surface area contributed by atoms with Gasteiger partial charge in [0.25, 0.3) is 0 Å². The minimum Gasteiger partial charge on any atom is -0.409 e. The molecular weight excluding hydrogens is 348 g/mol. The molecular formula is C24H38N2O2. The van der Waals surface area contributed by atoms with E-state index < -0.39 is 5.41 Å². The summed E-state index contributed by atoms with van der Waals surface area (Å²) < 4.78 is 0. The summed E-state index contributed by atoms with van der Waals surface area (Å²) in [7, 11) is 0. The first-order valence-corrected chi connectivity index (χ1v) is 11.2. The molecule has 1 aliphatic carbocycles. The number of unbranched alkanes of at least 4 members (excludes halogenated alkanes) is 9. The van der Waals surface area contributed by atoms with E-state index in [-0.39, 0.29) is 11.6 Å². The minimum absolute atomic E-state index is 0.0604. The van der Waals surface area contributed by atoms with Gasteiger partial charge < -0.3 is 10.9 Å². The fraction of sp³-hybridized carbons (Fsp3) is 0.667. The first-order chi connectivity index (χ1) is 13.6. The number of amidine groups is 1. The summed E-state index contributed by atoms with van der Waals surface area (Å²) in [6.45, 7) is 2.27. The van der Waals surface area contributed by atoms with Crippen molar-refractivity contribution in [1.29, 1.82) is 0 Å². The zero-order valence-corrected chi connectivity index (χ0v) is 17.6. The highest BCUT2D eigenvalue weighted by Crippen LogP contribution is 2.47. The van der Waals surface area contributed by atoms with E-state index in [2.05, 4.69) is 24.2 Å². The van der Waals surface area contributed by atoms with Gasteiger partial charge in [0.2, 0.25) is 0 Å². The Bertz CT molecular complexity index is 618. The van der Waals surface area contributed by atoms with Crippen LogP contribution in [-0.2, 0) is 17.6 Å². The largest absolute Gasteiger partial charge is 0.409 e. The van der Waals surface area contributed by atoms with E-state index >= 15 is 0 Å². The van der Waals surface area contributed by atoms with Crippen LogP contribution in [0.2, 0.25) is 0 Å². The first-order valence-electron chi connectivity index (χ1n) is 11.2. The van der Waals surface area contributed by atoms with Crippen LogP contribution in [0.1, 0.15) is 95.1 Å². The van der Waals surface area contributed by atoms with Gasteiger partial charge in [-0.1, -0.05) is 94.1 Å². The molecule has 28 heavy (non-hydrogen) atoms. The van der Waals surface area contributed by atoms with Crippen LogP contribution in [0.15, 0.2) is 29.4 Å². The summed E-state index contributed by atoms with van der Waals surface area (Å²) in [6.07, 6.45) is 16.4. The molecule has 1 saturated carbocycles. The van der Waals surface area contributed by atoms with Crippen molar-refractivity contribution in [2.24, 2.45) is 16.3 Å². The summed E-state index contributed by atoms with van der Waals surface area (Å²) in [6, 6.07) is 8.37. The molecule has 4 nitrogen and oxygen atoms in total. The van der Waals surface area contributed by atoms with Gasteiger partial charge in [-0.3, -0.25) is 4.79 Å². The second-order valence-corrected chi connectivity index (χ2v) is 8.42. The number of oxime groups is 1. The van der Waals surface area contributed by atoms with Crippen LogP contribution in [0.4, 0.5) is 0 Å². The van der Waals surface area contributed by atoms with Gasteiger partial charge in [-0.2, -0.15) is 0 Å². The zero-order valence-electron chi connectivity index (χ0n) is 17.6. The number of Topliss-reactive ketones (excluding diaryl/α,β-unsaturated/α-hetero) is 1. The molecule has 0 saturated heterocycles. The Kier molecular flexibility index (Phi) is 9.52. The van der Waals surface area contributed by atoms with Crippen LogP contribution in [0.5, 0.6) is 0 Å². The number of benzene rings is 1. The van der Waals surface area contributed by atoms with Crippen molar-refractivity contribution in [3.8, 4) is 0 Å². The van der Waals surface area contributed by atoms with Crippen molar-refractivity contribution in [2.75, 3.05) is 0 Å². The monoisotopic (exact) mass is 386 g/mol. The Balaban J connectivity index is 1.59. The molecule has 3 N–H and O–H groups in total. The van der Waals surface area contributed by atoms with Gasteiger partial charge in [-0.15, -0.1) is 0 Å². The quantitative estimate of drug-likeness (QED) is 0.132. The predicted molar refractivity (Wildman–Crippen MR) is 116 cm³/mol. The highest BCUT2D eigenvalue weighted by Gasteiger charge is 2.53. The van der Waals surface area contributed by atoms with E-state index in [1.54, 1.807) is 0 Å². The van der Waals surface area contributed by atoms with Gasteiger partial charge in [0.05, 0.1) is 5.41 Å². The molecule has 0 atom stereocenters. The van der Waals surface area contributed by atoms with Crippen LogP contribution in [0.3, 0.4) is 0 Å². The molecule has 0 unspecified atom stereocenters. The van der Waals surface area contributed by atoms with Crippen molar-refractivity contribution in [3.63, 3.8) is 0 Å². The van der Waals surface area contributed by atoms with E-state index in [4.69, 9.17) is 10.9 Å². The molecule has 1 aliphatic rings. The molecule has 2 rings (SSSR count). The third-order valence-electron chi connectivity index (χ3n) is 6.09. The van der Waals surface area contributed by atoms with Crippen LogP contribution in [0, 0.1) is 5.41 Å². The molecule has 1 aromatic rings. The van der Waals surface area contributed by atoms with Crippen LogP contribution in [0.25, 0.3) is 0 Å². The second-order valence-electron chi connectivity index (χ2n) is 8.42. The van der Waals surface area contributed by atoms with Gasteiger partial charge >= 0.3 is 0 Å². The van der Waals surface area contributed by atoms with E-state index in [1.807, 2.05) is 12.1 Å². The number of aryl methyl sites for hydroxylation is 1. The molecule has 1 aromatic carbocycles.